The SMILES string of the molecule is COC(=O)c1ccc(C=Nc2noc(C)c2-c2ccccc2)cc1. The first kappa shape index (κ1) is 15.7. The molecule has 0 atom stereocenters. The van der Waals surface area contributed by atoms with Crippen molar-refractivity contribution in [2.75, 3.05) is 7.11 Å². The number of methoxy groups -OCH3 is 1. The normalized spacial score (nSPS) is 10.9. The van der Waals surface area contributed by atoms with Crippen LogP contribution in [-0.4, -0.2) is 24.5 Å². The van der Waals surface area contributed by atoms with Crippen molar-refractivity contribution in [3.63, 3.8) is 0 Å². The van der Waals surface area contributed by atoms with Crippen LogP contribution in [0.15, 0.2) is 64.1 Å². The van der Waals surface area contributed by atoms with E-state index in [2.05, 4.69) is 14.9 Å². The second kappa shape index (κ2) is 6.91. The van der Waals surface area contributed by atoms with Crippen molar-refractivity contribution >= 4 is 18.0 Å². The average molecular weight is 320 g/mol. The molecule has 5 heteroatoms. The zero-order valence-electron chi connectivity index (χ0n) is 13.4. The van der Waals surface area contributed by atoms with Gasteiger partial charge in [-0.25, -0.2) is 9.79 Å². The van der Waals surface area contributed by atoms with E-state index in [1.54, 1.807) is 30.5 Å². The predicted molar refractivity (Wildman–Crippen MR) is 91.7 cm³/mol. The Balaban J connectivity index is 1.87. The number of aliphatic imine (C=N–C) groups is 1. The molecule has 24 heavy (non-hydrogen) atoms. The van der Waals surface area contributed by atoms with Gasteiger partial charge in [0.2, 0.25) is 5.82 Å². The van der Waals surface area contributed by atoms with Crippen LogP contribution in [0.2, 0.25) is 0 Å². The lowest BCUT2D eigenvalue weighted by Gasteiger charge is -2.00. The van der Waals surface area contributed by atoms with E-state index in [1.165, 1.54) is 7.11 Å². The van der Waals surface area contributed by atoms with Crippen LogP contribution in [0.25, 0.3) is 11.1 Å². The van der Waals surface area contributed by atoms with Crippen LogP contribution in [0, 0.1) is 6.92 Å². The monoisotopic (exact) mass is 320 g/mol. The van der Waals surface area contributed by atoms with Gasteiger partial charge in [0, 0.05) is 6.21 Å². The van der Waals surface area contributed by atoms with Crippen LogP contribution in [-0.2, 0) is 4.74 Å². The van der Waals surface area contributed by atoms with E-state index in [4.69, 9.17) is 4.52 Å². The van der Waals surface area contributed by atoms with E-state index in [0.717, 1.165) is 22.5 Å². The highest BCUT2D eigenvalue weighted by molar-refractivity contribution is 5.91. The molecule has 120 valence electrons. The Labute approximate surface area is 139 Å². The van der Waals surface area contributed by atoms with Gasteiger partial charge in [-0.15, -0.1) is 0 Å². The molecule has 0 N–H and O–H groups in total. The maximum Gasteiger partial charge on any atom is 0.337 e. The number of nitrogens with zero attached hydrogens (tertiary/aromatic N) is 2. The Morgan fingerprint density at radius 2 is 1.83 bits per heavy atom. The van der Waals surface area contributed by atoms with E-state index in [9.17, 15) is 4.79 Å². The van der Waals surface area contributed by atoms with Crippen LogP contribution in [0.4, 0.5) is 5.82 Å². The molecule has 0 spiro atoms. The molecule has 0 radical (unpaired) electrons. The molecule has 1 aromatic heterocycles. The first-order valence-corrected chi connectivity index (χ1v) is 7.43. The topological polar surface area (TPSA) is 64.7 Å². The van der Waals surface area contributed by atoms with Crippen molar-refractivity contribution < 1.29 is 14.1 Å². The molecular weight excluding hydrogens is 304 g/mol. The minimum absolute atomic E-state index is 0.364. The molecule has 3 aromatic rings. The number of aryl methyl sites for hydroxylation is 1. The molecule has 0 saturated heterocycles. The summed E-state index contributed by atoms with van der Waals surface area (Å²) in [5.41, 5.74) is 3.22. The Morgan fingerprint density at radius 1 is 1.12 bits per heavy atom. The smallest absolute Gasteiger partial charge is 0.337 e. The largest absolute Gasteiger partial charge is 0.465 e. The van der Waals surface area contributed by atoms with E-state index in [-0.39, 0.29) is 5.97 Å². The van der Waals surface area contributed by atoms with Crippen LogP contribution in [0.1, 0.15) is 21.7 Å². The third kappa shape index (κ3) is 3.25. The van der Waals surface area contributed by atoms with Crippen LogP contribution >= 0.6 is 0 Å². The van der Waals surface area contributed by atoms with Gasteiger partial charge < -0.3 is 9.26 Å². The molecule has 0 unspecified atom stereocenters. The number of rotatable bonds is 4. The van der Waals surface area contributed by atoms with Crippen molar-refractivity contribution in [2.45, 2.75) is 6.92 Å². The van der Waals surface area contributed by atoms with Gasteiger partial charge in [-0.3, -0.25) is 0 Å². The number of ether oxygens (including phenoxy) is 1. The van der Waals surface area contributed by atoms with E-state index >= 15 is 0 Å². The van der Waals surface area contributed by atoms with Crippen molar-refractivity contribution in [1.29, 1.82) is 0 Å². The molecule has 0 aliphatic carbocycles. The number of hydrogen-bond acceptors (Lipinski definition) is 5. The zero-order valence-corrected chi connectivity index (χ0v) is 13.4. The van der Waals surface area contributed by atoms with Crippen molar-refractivity contribution in [1.82, 2.24) is 5.16 Å². The van der Waals surface area contributed by atoms with Gasteiger partial charge in [-0.1, -0.05) is 47.6 Å². The quantitative estimate of drug-likeness (QED) is 0.534. The minimum Gasteiger partial charge on any atom is -0.465 e. The number of carbonyl (C=O) groups is 1. The fourth-order valence-corrected chi connectivity index (χ4v) is 2.34. The highest BCUT2D eigenvalue weighted by atomic mass is 16.5. The Bertz CT molecular complexity index is 865. The van der Waals surface area contributed by atoms with Crippen LogP contribution < -0.4 is 0 Å². The second-order valence-electron chi connectivity index (χ2n) is 5.18. The minimum atomic E-state index is -0.364. The first-order chi connectivity index (χ1) is 11.7. The highest BCUT2D eigenvalue weighted by Crippen LogP contribution is 2.32. The van der Waals surface area contributed by atoms with Crippen molar-refractivity contribution in [2.24, 2.45) is 4.99 Å². The third-order valence-corrected chi connectivity index (χ3v) is 3.57. The molecule has 5 nitrogen and oxygen atoms in total. The van der Waals surface area contributed by atoms with Gasteiger partial charge in [0.25, 0.3) is 0 Å². The maximum absolute atomic E-state index is 11.4. The van der Waals surface area contributed by atoms with Crippen LogP contribution in [0.5, 0.6) is 0 Å². The number of esters is 1. The summed E-state index contributed by atoms with van der Waals surface area (Å²) in [5, 5.41) is 4.02. The lowest BCUT2D eigenvalue weighted by atomic mass is 10.1. The molecule has 0 bridgehead atoms. The summed E-state index contributed by atoms with van der Waals surface area (Å²) in [4.78, 5) is 15.9. The van der Waals surface area contributed by atoms with Gasteiger partial charge in [0.1, 0.15) is 5.76 Å². The Kier molecular flexibility index (Phi) is 4.52. The summed E-state index contributed by atoms with van der Waals surface area (Å²) in [7, 11) is 1.36. The van der Waals surface area contributed by atoms with Gasteiger partial charge in [0.05, 0.1) is 18.2 Å². The first-order valence-electron chi connectivity index (χ1n) is 7.43. The fourth-order valence-electron chi connectivity index (χ4n) is 2.34. The molecule has 1 heterocycles. The van der Waals surface area contributed by atoms with Gasteiger partial charge in [-0.05, 0) is 30.2 Å². The molecule has 0 aliphatic heterocycles. The number of aromatic nitrogens is 1. The molecule has 0 fully saturated rings. The standard InChI is InChI=1S/C19H16N2O3/c1-13-17(15-6-4-3-5-7-15)18(21-24-13)20-12-14-8-10-16(11-9-14)19(22)23-2/h3-12H,1-2H3. The summed E-state index contributed by atoms with van der Waals surface area (Å²) in [6.07, 6.45) is 1.69. The number of benzene rings is 2. The second-order valence-corrected chi connectivity index (χ2v) is 5.18. The molecule has 0 aliphatic rings. The van der Waals surface area contributed by atoms with Crippen molar-refractivity contribution in [3.05, 3.63) is 71.5 Å². The van der Waals surface area contributed by atoms with E-state index in [0.29, 0.717) is 11.4 Å². The number of carbonyl (C=O) groups excluding carboxylic acids is 1. The van der Waals surface area contributed by atoms with E-state index < -0.39 is 0 Å². The van der Waals surface area contributed by atoms with Gasteiger partial charge >= 0.3 is 5.97 Å². The average Bonchev–Trinajstić information content (AvgIpc) is 3.01. The molecule has 3 rings (SSSR count). The summed E-state index contributed by atoms with van der Waals surface area (Å²) in [6.45, 7) is 1.86. The van der Waals surface area contributed by atoms with Gasteiger partial charge in [-0.2, -0.15) is 0 Å². The summed E-state index contributed by atoms with van der Waals surface area (Å²) in [6, 6.07) is 16.8. The molecule has 0 saturated carbocycles. The van der Waals surface area contributed by atoms with E-state index in [1.807, 2.05) is 37.3 Å². The van der Waals surface area contributed by atoms with Crippen molar-refractivity contribution in [3.8, 4) is 11.1 Å². The van der Waals surface area contributed by atoms with Crippen LogP contribution in [0.3, 0.4) is 0 Å². The number of hydrogen-bond donors (Lipinski definition) is 0. The Hall–Kier alpha value is -3.21. The zero-order chi connectivity index (χ0) is 16.9. The predicted octanol–water partition coefficient (Wildman–Crippen LogP) is 4.19. The summed E-state index contributed by atoms with van der Waals surface area (Å²) in [5.74, 6) is 0.877. The Morgan fingerprint density at radius 3 is 2.50 bits per heavy atom. The lowest BCUT2D eigenvalue weighted by molar-refractivity contribution is 0.0600. The molecule has 2 aromatic carbocycles. The lowest BCUT2D eigenvalue weighted by Crippen LogP contribution is -2.00. The summed E-state index contributed by atoms with van der Waals surface area (Å²) < 4.78 is 9.96. The molecular formula is C19H16N2O3. The molecule has 0 amide bonds. The van der Waals surface area contributed by atoms with Gasteiger partial charge in [0.15, 0.2) is 0 Å². The third-order valence-electron chi connectivity index (χ3n) is 3.57. The highest BCUT2D eigenvalue weighted by Gasteiger charge is 2.13. The summed E-state index contributed by atoms with van der Waals surface area (Å²) >= 11 is 0. The maximum atomic E-state index is 11.4. The fraction of sp³-hybridized carbons (Fsp3) is 0.105.